The SMILES string of the molecule is c1ccc(CCc2nnc3sc(-c4cc(-c5ccccc5)n[nH]4)nn23)cc1. The molecule has 0 spiro atoms. The molecular formula is C20H16N6S. The van der Waals surface area contributed by atoms with E-state index in [4.69, 9.17) is 5.10 Å². The molecule has 0 unspecified atom stereocenters. The number of fused-ring (bicyclic) bond motifs is 1. The molecule has 3 heterocycles. The van der Waals surface area contributed by atoms with E-state index in [2.05, 4.69) is 44.7 Å². The monoisotopic (exact) mass is 372 g/mol. The van der Waals surface area contributed by atoms with E-state index < -0.39 is 0 Å². The van der Waals surface area contributed by atoms with E-state index in [1.54, 1.807) is 0 Å². The van der Waals surface area contributed by atoms with Gasteiger partial charge in [0.15, 0.2) is 10.8 Å². The van der Waals surface area contributed by atoms with Crippen LogP contribution in [0.3, 0.4) is 0 Å². The number of benzene rings is 2. The Bertz CT molecular complexity index is 1170. The summed E-state index contributed by atoms with van der Waals surface area (Å²) in [6, 6.07) is 22.5. The second-order valence-corrected chi connectivity index (χ2v) is 7.19. The lowest BCUT2D eigenvalue weighted by Crippen LogP contribution is -1.99. The van der Waals surface area contributed by atoms with Crippen LogP contribution in [0.25, 0.3) is 26.9 Å². The Hall–Kier alpha value is -3.32. The Morgan fingerprint density at radius 2 is 1.67 bits per heavy atom. The summed E-state index contributed by atoms with van der Waals surface area (Å²) in [7, 11) is 0. The average molecular weight is 372 g/mol. The van der Waals surface area contributed by atoms with Gasteiger partial charge in [0.05, 0.1) is 11.4 Å². The van der Waals surface area contributed by atoms with Crippen LogP contribution in [0.4, 0.5) is 0 Å². The Kier molecular flexibility index (Phi) is 3.99. The van der Waals surface area contributed by atoms with Crippen molar-refractivity contribution in [1.29, 1.82) is 0 Å². The van der Waals surface area contributed by atoms with Crippen LogP contribution in [0.5, 0.6) is 0 Å². The van der Waals surface area contributed by atoms with Gasteiger partial charge in [0.25, 0.3) is 0 Å². The van der Waals surface area contributed by atoms with Crippen molar-refractivity contribution in [2.75, 3.05) is 0 Å². The number of nitrogens with one attached hydrogen (secondary N) is 1. The third-order valence-electron chi connectivity index (χ3n) is 4.41. The lowest BCUT2D eigenvalue weighted by Gasteiger charge is -1.98. The van der Waals surface area contributed by atoms with Crippen LogP contribution in [0.2, 0.25) is 0 Å². The number of nitrogens with zero attached hydrogens (tertiary/aromatic N) is 5. The van der Waals surface area contributed by atoms with E-state index in [1.165, 1.54) is 16.9 Å². The predicted molar refractivity (Wildman–Crippen MR) is 106 cm³/mol. The van der Waals surface area contributed by atoms with Crippen molar-refractivity contribution in [2.24, 2.45) is 0 Å². The maximum absolute atomic E-state index is 4.70. The number of aromatic amines is 1. The van der Waals surface area contributed by atoms with E-state index in [0.29, 0.717) is 0 Å². The van der Waals surface area contributed by atoms with Crippen molar-refractivity contribution in [3.63, 3.8) is 0 Å². The first kappa shape index (κ1) is 15.9. The van der Waals surface area contributed by atoms with E-state index in [0.717, 1.165) is 45.6 Å². The van der Waals surface area contributed by atoms with Gasteiger partial charge in [-0.25, -0.2) is 0 Å². The molecule has 0 aliphatic heterocycles. The minimum Gasteiger partial charge on any atom is -0.275 e. The van der Waals surface area contributed by atoms with Crippen molar-refractivity contribution >= 4 is 16.3 Å². The average Bonchev–Trinajstić information content (AvgIpc) is 3.44. The Balaban J connectivity index is 1.41. The van der Waals surface area contributed by atoms with Crippen molar-refractivity contribution < 1.29 is 0 Å². The summed E-state index contributed by atoms with van der Waals surface area (Å²) in [6.45, 7) is 0. The van der Waals surface area contributed by atoms with E-state index >= 15 is 0 Å². The lowest BCUT2D eigenvalue weighted by molar-refractivity contribution is 0.792. The molecule has 0 amide bonds. The quantitative estimate of drug-likeness (QED) is 0.506. The highest BCUT2D eigenvalue weighted by molar-refractivity contribution is 7.19. The van der Waals surface area contributed by atoms with Crippen LogP contribution in [0, 0.1) is 0 Å². The molecule has 2 aromatic carbocycles. The topological polar surface area (TPSA) is 71.8 Å². The molecule has 0 saturated heterocycles. The summed E-state index contributed by atoms with van der Waals surface area (Å²) in [5.74, 6) is 0.874. The fraction of sp³-hybridized carbons (Fsp3) is 0.100. The van der Waals surface area contributed by atoms with Crippen molar-refractivity contribution in [1.82, 2.24) is 30.0 Å². The fourth-order valence-corrected chi connectivity index (χ4v) is 3.84. The van der Waals surface area contributed by atoms with E-state index in [9.17, 15) is 0 Å². The number of H-pyrrole nitrogens is 1. The van der Waals surface area contributed by atoms with Crippen LogP contribution in [0.1, 0.15) is 11.4 Å². The first-order valence-corrected chi connectivity index (χ1v) is 9.55. The van der Waals surface area contributed by atoms with Gasteiger partial charge < -0.3 is 0 Å². The van der Waals surface area contributed by atoms with Crippen LogP contribution < -0.4 is 0 Å². The molecule has 27 heavy (non-hydrogen) atoms. The highest BCUT2D eigenvalue weighted by atomic mass is 32.1. The van der Waals surface area contributed by atoms with Gasteiger partial charge in [-0.05, 0) is 18.1 Å². The van der Waals surface area contributed by atoms with Gasteiger partial charge in [0.2, 0.25) is 4.96 Å². The zero-order valence-electron chi connectivity index (χ0n) is 14.4. The summed E-state index contributed by atoms with van der Waals surface area (Å²) in [6.07, 6.45) is 1.71. The van der Waals surface area contributed by atoms with Crippen LogP contribution >= 0.6 is 11.3 Å². The number of hydrogen-bond donors (Lipinski definition) is 1. The number of aryl methyl sites for hydroxylation is 2. The fourth-order valence-electron chi connectivity index (χ4n) is 3.01. The zero-order valence-corrected chi connectivity index (χ0v) is 15.2. The summed E-state index contributed by atoms with van der Waals surface area (Å²) in [5, 5.41) is 21.6. The molecule has 5 aromatic rings. The highest BCUT2D eigenvalue weighted by Crippen LogP contribution is 2.27. The van der Waals surface area contributed by atoms with Gasteiger partial charge in [-0.1, -0.05) is 72.0 Å². The number of hydrogen-bond acceptors (Lipinski definition) is 5. The molecule has 0 fully saturated rings. The van der Waals surface area contributed by atoms with Gasteiger partial charge in [-0.3, -0.25) is 5.10 Å². The molecule has 0 aliphatic carbocycles. The largest absolute Gasteiger partial charge is 0.275 e. The minimum absolute atomic E-state index is 0.795. The van der Waals surface area contributed by atoms with Gasteiger partial charge in [-0.15, -0.1) is 10.2 Å². The highest BCUT2D eigenvalue weighted by Gasteiger charge is 2.15. The first-order valence-electron chi connectivity index (χ1n) is 8.73. The normalized spacial score (nSPS) is 11.3. The molecule has 0 bridgehead atoms. The standard InChI is InChI=1S/C20H16N6S/c1-3-7-14(8-4-1)11-12-18-23-24-20-26(18)25-19(27-20)17-13-16(21-22-17)15-9-5-2-6-10-15/h1-10,13H,11-12H2,(H,21,22). The summed E-state index contributed by atoms with van der Waals surface area (Å²) < 4.78 is 1.84. The van der Waals surface area contributed by atoms with E-state index in [-0.39, 0.29) is 0 Å². The van der Waals surface area contributed by atoms with Crippen molar-refractivity contribution in [3.05, 3.63) is 78.1 Å². The van der Waals surface area contributed by atoms with Gasteiger partial charge in [-0.2, -0.15) is 14.7 Å². The van der Waals surface area contributed by atoms with Crippen LogP contribution in [-0.2, 0) is 12.8 Å². The smallest absolute Gasteiger partial charge is 0.235 e. The molecular weight excluding hydrogens is 356 g/mol. The third kappa shape index (κ3) is 3.13. The molecule has 6 nitrogen and oxygen atoms in total. The molecule has 0 saturated carbocycles. The van der Waals surface area contributed by atoms with Crippen molar-refractivity contribution in [3.8, 4) is 22.0 Å². The van der Waals surface area contributed by atoms with Crippen molar-refractivity contribution in [2.45, 2.75) is 12.8 Å². The molecule has 0 radical (unpaired) electrons. The van der Waals surface area contributed by atoms with Gasteiger partial charge >= 0.3 is 0 Å². The summed E-state index contributed by atoms with van der Waals surface area (Å²) in [5.41, 5.74) is 4.15. The zero-order chi connectivity index (χ0) is 18.1. The number of aromatic nitrogens is 6. The molecule has 0 atom stereocenters. The third-order valence-corrected chi connectivity index (χ3v) is 5.35. The minimum atomic E-state index is 0.795. The Morgan fingerprint density at radius 3 is 2.48 bits per heavy atom. The van der Waals surface area contributed by atoms with E-state index in [1.807, 2.05) is 47.0 Å². The van der Waals surface area contributed by atoms with Gasteiger partial charge in [0, 0.05) is 12.0 Å². The predicted octanol–water partition coefficient (Wildman–Crippen LogP) is 4.03. The molecule has 0 aliphatic rings. The number of rotatable bonds is 5. The molecule has 5 rings (SSSR count). The summed E-state index contributed by atoms with van der Waals surface area (Å²) in [4.78, 5) is 0.795. The second-order valence-electron chi connectivity index (χ2n) is 6.24. The van der Waals surface area contributed by atoms with Crippen LogP contribution in [-0.4, -0.2) is 30.0 Å². The summed E-state index contributed by atoms with van der Waals surface area (Å²) >= 11 is 1.51. The lowest BCUT2D eigenvalue weighted by atomic mass is 10.1. The second kappa shape index (κ2) is 6.77. The van der Waals surface area contributed by atoms with Gasteiger partial charge in [0.1, 0.15) is 0 Å². The maximum atomic E-state index is 4.70. The molecule has 3 aromatic heterocycles. The first-order chi connectivity index (χ1) is 13.4. The maximum Gasteiger partial charge on any atom is 0.235 e. The molecule has 132 valence electrons. The molecule has 7 heteroatoms. The Morgan fingerprint density at radius 1 is 0.889 bits per heavy atom. The Labute approximate surface area is 159 Å². The van der Waals surface area contributed by atoms with Crippen LogP contribution in [0.15, 0.2) is 66.7 Å². The molecule has 1 N–H and O–H groups in total.